The van der Waals surface area contributed by atoms with E-state index in [1.165, 1.54) is 38.5 Å². The molecule has 6 heteroatoms. The highest BCUT2D eigenvalue weighted by molar-refractivity contribution is 5.09. The van der Waals surface area contributed by atoms with E-state index in [0.717, 1.165) is 13.0 Å². The lowest BCUT2D eigenvalue weighted by Crippen LogP contribution is -2.44. The summed E-state index contributed by atoms with van der Waals surface area (Å²) in [6.45, 7) is 2.32. The molecule has 0 bridgehead atoms. The first-order valence-electron chi connectivity index (χ1n) is 7.57. The van der Waals surface area contributed by atoms with Crippen molar-refractivity contribution in [3.05, 3.63) is 11.9 Å². The highest BCUT2D eigenvalue weighted by Gasteiger charge is 2.29. The number of hydrogen-bond acceptors (Lipinski definition) is 5. The lowest BCUT2D eigenvalue weighted by atomic mass is 10.0. The molecule has 0 spiro atoms. The lowest BCUT2D eigenvalue weighted by Gasteiger charge is -2.20. The quantitative estimate of drug-likeness (QED) is 0.530. The molecule has 1 aromatic rings. The van der Waals surface area contributed by atoms with Crippen LogP contribution in [0, 0.1) is 0 Å². The van der Waals surface area contributed by atoms with Crippen LogP contribution in [0.1, 0.15) is 57.6 Å². The zero-order valence-corrected chi connectivity index (χ0v) is 12.5. The van der Waals surface area contributed by atoms with Crippen molar-refractivity contribution >= 4 is 0 Å². The maximum absolute atomic E-state index is 9.20. The van der Waals surface area contributed by atoms with Crippen LogP contribution in [0.5, 0.6) is 0 Å². The highest BCUT2D eigenvalue weighted by atomic mass is 16.3. The third kappa shape index (κ3) is 5.19. The molecule has 116 valence electrons. The lowest BCUT2D eigenvalue weighted by molar-refractivity contribution is 0.118. The molecule has 20 heavy (non-hydrogen) atoms. The van der Waals surface area contributed by atoms with E-state index >= 15 is 0 Å². The average Bonchev–Trinajstić information content (AvgIpc) is 2.95. The summed E-state index contributed by atoms with van der Waals surface area (Å²) in [5.41, 5.74) is 5.08. The fraction of sp³-hybridized carbons (Fsp3) is 0.857. The number of nitrogens with two attached hydrogens (primary N) is 1. The summed E-state index contributed by atoms with van der Waals surface area (Å²) in [4.78, 5) is 0. The van der Waals surface area contributed by atoms with Gasteiger partial charge in [-0.2, -0.15) is 0 Å². The molecular formula is C14H28N4O2. The Morgan fingerprint density at radius 3 is 2.30 bits per heavy atom. The third-order valence-corrected chi connectivity index (χ3v) is 3.60. The Bertz CT molecular complexity index is 364. The van der Waals surface area contributed by atoms with Crippen molar-refractivity contribution in [3.63, 3.8) is 0 Å². The van der Waals surface area contributed by atoms with Crippen molar-refractivity contribution < 1.29 is 10.2 Å². The number of unbranched alkanes of at least 4 members (excludes halogenated alkanes) is 6. The molecule has 1 aromatic heterocycles. The molecule has 0 radical (unpaired) electrons. The van der Waals surface area contributed by atoms with Crippen molar-refractivity contribution in [2.24, 2.45) is 5.73 Å². The van der Waals surface area contributed by atoms with Crippen LogP contribution >= 0.6 is 0 Å². The van der Waals surface area contributed by atoms with E-state index in [1.54, 1.807) is 10.9 Å². The van der Waals surface area contributed by atoms with Gasteiger partial charge in [0, 0.05) is 6.54 Å². The molecule has 0 aliphatic heterocycles. The van der Waals surface area contributed by atoms with Crippen LogP contribution in [0.2, 0.25) is 0 Å². The van der Waals surface area contributed by atoms with Gasteiger partial charge >= 0.3 is 0 Å². The summed E-state index contributed by atoms with van der Waals surface area (Å²) < 4.78 is 1.73. The molecule has 0 atom stereocenters. The van der Waals surface area contributed by atoms with Gasteiger partial charge in [-0.15, -0.1) is 5.10 Å². The van der Waals surface area contributed by atoms with Crippen LogP contribution in [0.25, 0.3) is 0 Å². The summed E-state index contributed by atoms with van der Waals surface area (Å²) >= 11 is 0. The number of nitrogens with zero attached hydrogens (tertiary/aromatic N) is 3. The Kier molecular flexibility index (Phi) is 7.72. The summed E-state index contributed by atoms with van der Waals surface area (Å²) in [5, 5.41) is 26.3. The molecule has 0 saturated carbocycles. The highest BCUT2D eigenvalue weighted by Crippen LogP contribution is 2.14. The monoisotopic (exact) mass is 284 g/mol. The van der Waals surface area contributed by atoms with Gasteiger partial charge in [-0.1, -0.05) is 50.7 Å². The smallest absolute Gasteiger partial charge is 0.109 e. The number of aryl methyl sites for hydroxylation is 1. The Hall–Kier alpha value is -0.980. The van der Waals surface area contributed by atoms with Gasteiger partial charge in [0.25, 0.3) is 0 Å². The zero-order chi connectivity index (χ0) is 14.8. The third-order valence-electron chi connectivity index (χ3n) is 3.60. The summed E-state index contributed by atoms with van der Waals surface area (Å²) in [7, 11) is 0. The van der Waals surface area contributed by atoms with E-state index in [1.807, 2.05) is 0 Å². The number of hydrogen-bond donors (Lipinski definition) is 3. The van der Waals surface area contributed by atoms with Gasteiger partial charge in [-0.05, 0) is 6.42 Å². The Labute approximate surface area is 121 Å². The van der Waals surface area contributed by atoms with Gasteiger partial charge in [-0.3, -0.25) is 4.68 Å². The summed E-state index contributed by atoms with van der Waals surface area (Å²) in [6, 6.07) is 0. The Balaban J connectivity index is 2.27. The molecule has 4 N–H and O–H groups in total. The molecule has 1 heterocycles. The van der Waals surface area contributed by atoms with E-state index in [-0.39, 0.29) is 13.2 Å². The molecule has 0 saturated heterocycles. The van der Waals surface area contributed by atoms with Gasteiger partial charge in [0.05, 0.1) is 19.4 Å². The first-order valence-corrected chi connectivity index (χ1v) is 7.57. The normalized spacial score (nSPS) is 12.0. The molecule has 1 rings (SSSR count). The number of aromatic nitrogens is 3. The Morgan fingerprint density at radius 1 is 1.10 bits per heavy atom. The number of rotatable bonds is 11. The minimum atomic E-state index is -1.20. The van der Waals surface area contributed by atoms with Crippen LogP contribution in [0.15, 0.2) is 6.20 Å². The van der Waals surface area contributed by atoms with Gasteiger partial charge in [-0.25, -0.2) is 0 Å². The SMILES string of the molecule is CCCCCCCCCn1cc(C(N)(CO)CO)nn1. The van der Waals surface area contributed by atoms with Crippen LogP contribution in [0.3, 0.4) is 0 Å². The van der Waals surface area contributed by atoms with Gasteiger partial charge < -0.3 is 15.9 Å². The largest absolute Gasteiger partial charge is 0.394 e. The van der Waals surface area contributed by atoms with Crippen LogP contribution in [0.4, 0.5) is 0 Å². The van der Waals surface area contributed by atoms with E-state index < -0.39 is 5.54 Å². The molecule has 0 aliphatic carbocycles. The predicted octanol–water partition coefficient (Wildman–Crippen LogP) is 1.17. The van der Waals surface area contributed by atoms with Gasteiger partial charge in [0.1, 0.15) is 11.2 Å². The van der Waals surface area contributed by atoms with Crippen LogP contribution in [-0.2, 0) is 12.1 Å². The fourth-order valence-electron chi connectivity index (χ4n) is 2.08. The first-order chi connectivity index (χ1) is 9.66. The average molecular weight is 284 g/mol. The van der Waals surface area contributed by atoms with Crippen LogP contribution in [-0.4, -0.2) is 38.4 Å². The van der Waals surface area contributed by atoms with E-state index in [0.29, 0.717) is 5.69 Å². The summed E-state index contributed by atoms with van der Waals surface area (Å²) in [5.74, 6) is 0. The molecule has 0 fully saturated rings. The molecular weight excluding hydrogens is 256 g/mol. The van der Waals surface area contributed by atoms with E-state index in [9.17, 15) is 10.2 Å². The van der Waals surface area contributed by atoms with E-state index in [2.05, 4.69) is 17.2 Å². The van der Waals surface area contributed by atoms with Crippen molar-refractivity contribution in [1.82, 2.24) is 15.0 Å². The van der Waals surface area contributed by atoms with Crippen LogP contribution < -0.4 is 5.73 Å². The van der Waals surface area contributed by atoms with Crippen molar-refractivity contribution in [1.29, 1.82) is 0 Å². The minimum Gasteiger partial charge on any atom is -0.394 e. The second-order valence-corrected chi connectivity index (χ2v) is 5.46. The van der Waals surface area contributed by atoms with Crippen molar-refractivity contribution in [2.45, 2.75) is 64.0 Å². The first kappa shape index (κ1) is 17.1. The van der Waals surface area contributed by atoms with E-state index in [4.69, 9.17) is 5.73 Å². The van der Waals surface area contributed by atoms with Crippen molar-refractivity contribution in [2.75, 3.05) is 13.2 Å². The topological polar surface area (TPSA) is 97.2 Å². The minimum absolute atomic E-state index is 0.348. The maximum Gasteiger partial charge on any atom is 0.109 e. The second-order valence-electron chi connectivity index (χ2n) is 5.46. The number of aliphatic hydroxyl groups excluding tert-OH is 2. The van der Waals surface area contributed by atoms with Gasteiger partial charge in [0.2, 0.25) is 0 Å². The summed E-state index contributed by atoms with van der Waals surface area (Å²) in [6.07, 6.45) is 10.5. The fourth-order valence-corrected chi connectivity index (χ4v) is 2.08. The van der Waals surface area contributed by atoms with Gasteiger partial charge in [0.15, 0.2) is 0 Å². The molecule has 0 aromatic carbocycles. The molecule has 0 amide bonds. The predicted molar refractivity (Wildman–Crippen MR) is 78.1 cm³/mol. The second kappa shape index (κ2) is 9.05. The van der Waals surface area contributed by atoms with Crippen molar-refractivity contribution in [3.8, 4) is 0 Å². The molecule has 6 nitrogen and oxygen atoms in total. The standard InChI is InChI=1S/C14H28N4O2/c1-2-3-4-5-6-7-8-9-18-10-13(16-17-18)14(15,11-19)12-20/h10,19-20H,2-9,11-12,15H2,1H3. The molecule has 0 aliphatic rings. The Morgan fingerprint density at radius 2 is 1.70 bits per heavy atom. The zero-order valence-electron chi connectivity index (χ0n) is 12.5. The molecule has 0 unspecified atom stereocenters. The number of aliphatic hydroxyl groups is 2. The maximum atomic E-state index is 9.20.